The Labute approximate surface area is 208 Å². The van der Waals surface area contributed by atoms with E-state index in [1.165, 1.54) is 28.7 Å². The fourth-order valence-corrected chi connectivity index (χ4v) is 4.19. The molecular weight excluding hydrogens is 496 g/mol. The molecule has 5 rings (SSSR count). The molecule has 186 valence electrons. The Kier molecular flexibility index (Phi) is 6.04. The number of ether oxygens (including phenoxy) is 1. The number of amides is 2. The van der Waals surface area contributed by atoms with Crippen LogP contribution in [0.4, 0.5) is 14.5 Å². The number of halogens is 3. The summed E-state index contributed by atoms with van der Waals surface area (Å²) in [6.07, 6.45) is 5.29. The zero-order valence-electron chi connectivity index (χ0n) is 18.9. The van der Waals surface area contributed by atoms with Gasteiger partial charge in [0.15, 0.2) is 5.65 Å². The van der Waals surface area contributed by atoms with Gasteiger partial charge in [-0.05, 0) is 24.3 Å². The minimum absolute atomic E-state index is 0.232. The van der Waals surface area contributed by atoms with Crippen LogP contribution in [0.15, 0.2) is 49.1 Å². The number of rotatable bonds is 7. The molecule has 2 amide bonds. The molecule has 3 aromatic heterocycles. The molecular formula is C23H20ClF2N7O3. The molecule has 0 unspecified atom stereocenters. The van der Waals surface area contributed by atoms with E-state index in [9.17, 15) is 18.4 Å². The summed E-state index contributed by atoms with van der Waals surface area (Å²) in [5, 5.41) is 14.4. The maximum atomic E-state index is 13.1. The predicted octanol–water partition coefficient (Wildman–Crippen LogP) is 3.42. The Balaban J connectivity index is 1.45. The third-order valence-electron chi connectivity index (χ3n) is 5.71. The summed E-state index contributed by atoms with van der Waals surface area (Å²) in [6.45, 7) is -0.244. The number of carbonyl (C=O) groups excluding carboxylic acids is 2. The van der Waals surface area contributed by atoms with Crippen molar-refractivity contribution in [2.24, 2.45) is 0 Å². The Morgan fingerprint density at radius 1 is 1.31 bits per heavy atom. The molecule has 1 aromatic carbocycles. The van der Waals surface area contributed by atoms with Crippen LogP contribution in [-0.2, 0) is 11.3 Å². The van der Waals surface area contributed by atoms with Crippen molar-refractivity contribution < 1.29 is 23.1 Å². The summed E-state index contributed by atoms with van der Waals surface area (Å²) >= 11 is 6.20. The van der Waals surface area contributed by atoms with Gasteiger partial charge in [-0.25, -0.2) is 18.3 Å². The Bertz CT molecular complexity index is 1460. The molecule has 10 nitrogen and oxygen atoms in total. The predicted molar refractivity (Wildman–Crippen MR) is 126 cm³/mol. The first-order valence-corrected chi connectivity index (χ1v) is 11.3. The van der Waals surface area contributed by atoms with E-state index in [1.54, 1.807) is 36.7 Å². The lowest BCUT2D eigenvalue weighted by Gasteiger charge is -2.35. The number of hydrogen-bond acceptors (Lipinski definition) is 6. The van der Waals surface area contributed by atoms with E-state index < -0.39 is 36.6 Å². The van der Waals surface area contributed by atoms with E-state index in [4.69, 9.17) is 16.3 Å². The van der Waals surface area contributed by atoms with E-state index in [0.717, 1.165) is 0 Å². The lowest BCUT2D eigenvalue weighted by Crippen LogP contribution is -2.51. The second kappa shape index (κ2) is 9.19. The van der Waals surface area contributed by atoms with Gasteiger partial charge in [0.05, 0.1) is 19.0 Å². The van der Waals surface area contributed by atoms with Crippen molar-refractivity contribution in [2.75, 3.05) is 12.4 Å². The Hall–Kier alpha value is -4.06. The maximum Gasteiger partial charge on any atom is 0.261 e. The molecule has 3 heterocycles. The standard InChI is InChI=1S/C23H20ClF2N7O3/c1-36-18-4-3-13(24)7-15(18)20-17(30-22(35)16-10-28-33-6-2-5-27-21(16)33)11-32(31-20)12-19(34)29-14-8-23(25,26)9-14/h2-7,10-11,14H,8-9,12H2,1H3,(H,29,34)(H,30,35). The van der Waals surface area contributed by atoms with Crippen molar-refractivity contribution in [2.45, 2.75) is 31.4 Å². The molecule has 1 aliphatic rings. The van der Waals surface area contributed by atoms with E-state index in [2.05, 4.69) is 25.8 Å². The van der Waals surface area contributed by atoms with E-state index in [-0.39, 0.29) is 17.8 Å². The topological polar surface area (TPSA) is 115 Å². The molecule has 0 spiro atoms. The number of anilines is 1. The second-order valence-electron chi connectivity index (χ2n) is 8.36. The van der Waals surface area contributed by atoms with Gasteiger partial charge in [-0.15, -0.1) is 0 Å². The van der Waals surface area contributed by atoms with Gasteiger partial charge in [0.1, 0.15) is 23.6 Å². The van der Waals surface area contributed by atoms with Crippen LogP contribution < -0.4 is 15.4 Å². The number of carbonyl (C=O) groups is 2. The van der Waals surface area contributed by atoms with Crippen LogP contribution in [-0.4, -0.2) is 55.3 Å². The van der Waals surface area contributed by atoms with Crippen LogP contribution in [0.1, 0.15) is 23.2 Å². The van der Waals surface area contributed by atoms with Crippen molar-refractivity contribution >= 4 is 34.7 Å². The molecule has 36 heavy (non-hydrogen) atoms. The number of aromatic nitrogens is 5. The molecule has 0 aliphatic heterocycles. The average molecular weight is 516 g/mol. The maximum absolute atomic E-state index is 13.1. The number of methoxy groups -OCH3 is 1. The Morgan fingerprint density at radius 2 is 2.11 bits per heavy atom. The minimum Gasteiger partial charge on any atom is -0.496 e. The summed E-state index contributed by atoms with van der Waals surface area (Å²) in [7, 11) is 1.48. The van der Waals surface area contributed by atoms with Gasteiger partial charge in [0.25, 0.3) is 11.8 Å². The highest BCUT2D eigenvalue weighted by Crippen LogP contribution is 2.38. The smallest absolute Gasteiger partial charge is 0.261 e. The Morgan fingerprint density at radius 3 is 2.86 bits per heavy atom. The van der Waals surface area contributed by atoms with E-state index >= 15 is 0 Å². The second-order valence-corrected chi connectivity index (χ2v) is 8.80. The van der Waals surface area contributed by atoms with Crippen LogP contribution in [0.2, 0.25) is 5.02 Å². The summed E-state index contributed by atoms with van der Waals surface area (Å²) in [5.74, 6) is -3.28. The van der Waals surface area contributed by atoms with Gasteiger partial charge in [-0.3, -0.25) is 14.3 Å². The summed E-state index contributed by atoms with van der Waals surface area (Å²) < 4.78 is 34.4. The minimum atomic E-state index is -2.75. The van der Waals surface area contributed by atoms with Crippen molar-refractivity contribution in [3.05, 3.63) is 59.6 Å². The van der Waals surface area contributed by atoms with Crippen LogP contribution in [0.5, 0.6) is 5.75 Å². The molecule has 13 heteroatoms. The monoisotopic (exact) mass is 515 g/mol. The number of hydrogen-bond donors (Lipinski definition) is 2. The SMILES string of the molecule is COc1ccc(Cl)cc1-c1nn(CC(=O)NC2CC(F)(F)C2)cc1NC(=O)c1cnn2cccnc12. The first-order chi connectivity index (χ1) is 17.2. The number of benzene rings is 1. The molecule has 0 saturated heterocycles. The summed E-state index contributed by atoms with van der Waals surface area (Å²) in [6, 6.07) is 6.02. The number of nitrogens with zero attached hydrogens (tertiary/aromatic N) is 5. The number of fused-ring (bicyclic) bond motifs is 1. The van der Waals surface area contributed by atoms with Gasteiger partial charge < -0.3 is 15.4 Å². The highest BCUT2D eigenvalue weighted by atomic mass is 35.5. The number of alkyl halides is 2. The zero-order chi connectivity index (χ0) is 25.4. The van der Waals surface area contributed by atoms with Crippen molar-refractivity contribution in [1.29, 1.82) is 0 Å². The summed E-state index contributed by atoms with van der Waals surface area (Å²) in [4.78, 5) is 29.8. The molecule has 0 bridgehead atoms. The van der Waals surface area contributed by atoms with E-state index in [1.807, 2.05) is 0 Å². The fourth-order valence-electron chi connectivity index (χ4n) is 4.02. The van der Waals surface area contributed by atoms with Crippen LogP contribution in [0.25, 0.3) is 16.9 Å². The average Bonchev–Trinajstić information content (AvgIpc) is 3.41. The van der Waals surface area contributed by atoms with Gasteiger partial charge in [-0.1, -0.05) is 11.6 Å². The van der Waals surface area contributed by atoms with Crippen LogP contribution in [0.3, 0.4) is 0 Å². The van der Waals surface area contributed by atoms with E-state index in [0.29, 0.717) is 27.7 Å². The van der Waals surface area contributed by atoms with Crippen molar-refractivity contribution in [3.8, 4) is 17.0 Å². The lowest BCUT2D eigenvalue weighted by molar-refractivity contribution is -0.129. The molecule has 0 radical (unpaired) electrons. The number of nitrogens with one attached hydrogen (secondary N) is 2. The van der Waals surface area contributed by atoms with Gasteiger partial charge >= 0.3 is 0 Å². The fraction of sp³-hybridized carbons (Fsp3) is 0.261. The third-order valence-corrected chi connectivity index (χ3v) is 5.95. The third kappa shape index (κ3) is 4.71. The molecule has 1 aliphatic carbocycles. The quantitative estimate of drug-likeness (QED) is 0.390. The van der Waals surface area contributed by atoms with Crippen molar-refractivity contribution in [1.82, 2.24) is 29.7 Å². The normalized spacial score (nSPS) is 14.9. The van der Waals surface area contributed by atoms with Crippen molar-refractivity contribution in [3.63, 3.8) is 0 Å². The van der Waals surface area contributed by atoms with Gasteiger partial charge in [0.2, 0.25) is 5.91 Å². The van der Waals surface area contributed by atoms with Gasteiger partial charge in [-0.2, -0.15) is 10.2 Å². The summed E-state index contributed by atoms with van der Waals surface area (Å²) in [5.41, 5.74) is 1.65. The molecule has 1 fully saturated rings. The first kappa shape index (κ1) is 23.7. The highest BCUT2D eigenvalue weighted by molar-refractivity contribution is 6.31. The largest absolute Gasteiger partial charge is 0.496 e. The molecule has 2 N–H and O–H groups in total. The van der Waals surface area contributed by atoms with Gasteiger partial charge in [0, 0.05) is 48.1 Å². The molecule has 4 aromatic rings. The lowest BCUT2D eigenvalue weighted by atomic mass is 9.88. The highest BCUT2D eigenvalue weighted by Gasteiger charge is 2.45. The first-order valence-electron chi connectivity index (χ1n) is 10.9. The molecule has 0 atom stereocenters. The molecule has 1 saturated carbocycles. The van der Waals surface area contributed by atoms with Crippen LogP contribution >= 0.6 is 11.6 Å². The zero-order valence-corrected chi connectivity index (χ0v) is 19.7. The van der Waals surface area contributed by atoms with Crippen LogP contribution in [0, 0.1) is 0 Å².